The molecule has 1 nitrogen and oxygen atoms in total. The maximum Gasteiger partial charge on any atom is 0.00952 e. The molecule has 1 aliphatic heterocycles. The van der Waals surface area contributed by atoms with E-state index in [0.717, 1.165) is 6.04 Å². The van der Waals surface area contributed by atoms with Crippen LogP contribution in [0.5, 0.6) is 0 Å². The number of nitrogens with zero attached hydrogens (tertiary/aromatic N) is 1. The number of hydrogen-bond acceptors (Lipinski definition) is 1. The van der Waals surface area contributed by atoms with Gasteiger partial charge >= 0.3 is 0 Å². The van der Waals surface area contributed by atoms with Gasteiger partial charge in [0, 0.05) is 6.04 Å². The zero-order chi connectivity index (χ0) is 16.3. The van der Waals surface area contributed by atoms with Gasteiger partial charge in [0.05, 0.1) is 0 Å². The Labute approximate surface area is 141 Å². The van der Waals surface area contributed by atoms with E-state index in [-0.39, 0.29) is 0 Å². The van der Waals surface area contributed by atoms with Crippen molar-refractivity contribution in [2.24, 2.45) is 5.41 Å². The average molecular weight is 310 g/mol. The van der Waals surface area contributed by atoms with Gasteiger partial charge in [-0.1, -0.05) is 85.5 Å². The molecule has 0 aromatic carbocycles. The van der Waals surface area contributed by atoms with Crippen LogP contribution in [-0.4, -0.2) is 24.0 Å². The SMILES string of the molecule is CCCCCCCC(CCCCCC)N1CCC(C)(C)CC1. The summed E-state index contributed by atoms with van der Waals surface area (Å²) in [6.07, 6.45) is 18.5. The van der Waals surface area contributed by atoms with Crippen LogP contribution in [-0.2, 0) is 0 Å². The monoisotopic (exact) mass is 309 g/mol. The maximum atomic E-state index is 2.84. The second-order valence-corrected chi connectivity index (χ2v) is 8.41. The van der Waals surface area contributed by atoms with Crippen LogP contribution >= 0.6 is 0 Å². The summed E-state index contributed by atoms with van der Waals surface area (Å²) in [5, 5.41) is 0. The van der Waals surface area contributed by atoms with Crippen LogP contribution in [0.15, 0.2) is 0 Å². The molecular weight excluding hydrogens is 266 g/mol. The maximum absolute atomic E-state index is 2.84. The molecule has 0 bridgehead atoms. The minimum absolute atomic E-state index is 0.588. The highest BCUT2D eigenvalue weighted by atomic mass is 15.2. The Kier molecular flexibility index (Phi) is 10.4. The summed E-state index contributed by atoms with van der Waals surface area (Å²) in [4.78, 5) is 2.84. The summed E-state index contributed by atoms with van der Waals surface area (Å²) in [6.45, 7) is 12.2. The summed E-state index contributed by atoms with van der Waals surface area (Å²) in [6, 6.07) is 0.884. The van der Waals surface area contributed by atoms with Crippen molar-refractivity contribution in [2.75, 3.05) is 13.1 Å². The van der Waals surface area contributed by atoms with Crippen LogP contribution in [0.3, 0.4) is 0 Å². The molecule has 1 unspecified atom stereocenters. The molecule has 0 aromatic rings. The van der Waals surface area contributed by atoms with E-state index in [9.17, 15) is 0 Å². The molecule has 0 saturated carbocycles. The van der Waals surface area contributed by atoms with Crippen LogP contribution in [0.25, 0.3) is 0 Å². The van der Waals surface area contributed by atoms with Crippen molar-refractivity contribution in [1.82, 2.24) is 4.90 Å². The molecule has 0 amide bonds. The van der Waals surface area contributed by atoms with Crippen LogP contribution in [0, 0.1) is 5.41 Å². The zero-order valence-corrected chi connectivity index (χ0v) is 16.1. The van der Waals surface area contributed by atoms with Crippen LogP contribution < -0.4 is 0 Å². The Morgan fingerprint density at radius 3 is 1.68 bits per heavy atom. The van der Waals surface area contributed by atoms with Crippen molar-refractivity contribution in [1.29, 1.82) is 0 Å². The number of hydrogen-bond donors (Lipinski definition) is 0. The van der Waals surface area contributed by atoms with Crippen molar-refractivity contribution >= 4 is 0 Å². The molecule has 0 aliphatic carbocycles. The van der Waals surface area contributed by atoms with Gasteiger partial charge in [0.2, 0.25) is 0 Å². The summed E-state index contributed by atoms with van der Waals surface area (Å²) in [5.74, 6) is 0. The third-order valence-corrected chi connectivity index (χ3v) is 5.70. The predicted molar refractivity (Wildman–Crippen MR) is 101 cm³/mol. The van der Waals surface area contributed by atoms with Gasteiger partial charge in [-0.3, -0.25) is 0 Å². The minimum atomic E-state index is 0.588. The van der Waals surface area contributed by atoms with E-state index in [4.69, 9.17) is 0 Å². The van der Waals surface area contributed by atoms with Gasteiger partial charge in [0.25, 0.3) is 0 Å². The molecule has 0 aromatic heterocycles. The van der Waals surface area contributed by atoms with Crippen molar-refractivity contribution in [2.45, 2.75) is 117 Å². The number of likely N-dealkylation sites (tertiary alicyclic amines) is 1. The first kappa shape index (κ1) is 20.0. The molecule has 0 spiro atoms. The molecule has 1 fully saturated rings. The molecule has 0 radical (unpaired) electrons. The summed E-state index contributed by atoms with van der Waals surface area (Å²) in [7, 11) is 0. The molecule has 22 heavy (non-hydrogen) atoms. The van der Waals surface area contributed by atoms with Crippen LogP contribution in [0.2, 0.25) is 0 Å². The van der Waals surface area contributed by atoms with Gasteiger partial charge in [-0.2, -0.15) is 0 Å². The number of piperidine rings is 1. The normalized spacial score (nSPS) is 20.2. The van der Waals surface area contributed by atoms with Crippen molar-refractivity contribution < 1.29 is 0 Å². The summed E-state index contributed by atoms with van der Waals surface area (Å²) < 4.78 is 0. The van der Waals surface area contributed by atoms with Crippen LogP contribution in [0.1, 0.15) is 111 Å². The van der Waals surface area contributed by atoms with E-state index < -0.39 is 0 Å². The van der Waals surface area contributed by atoms with Gasteiger partial charge in [-0.25, -0.2) is 0 Å². The molecule has 0 N–H and O–H groups in total. The van der Waals surface area contributed by atoms with E-state index in [1.807, 2.05) is 0 Å². The number of rotatable bonds is 12. The highest BCUT2D eigenvalue weighted by Gasteiger charge is 2.28. The average Bonchev–Trinajstić information content (AvgIpc) is 2.49. The zero-order valence-electron chi connectivity index (χ0n) is 16.1. The van der Waals surface area contributed by atoms with Gasteiger partial charge in [-0.05, 0) is 44.2 Å². The molecule has 1 heterocycles. The van der Waals surface area contributed by atoms with Crippen LogP contribution in [0.4, 0.5) is 0 Å². The second kappa shape index (κ2) is 11.5. The Hall–Kier alpha value is -0.0400. The smallest absolute Gasteiger partial charge is 0.00952 e. The number of unbranched alkanes of at least 4 members (excludes halogenated alkanes) is 7. The molecule has 1 atom stereocenters. The molecule has 1 saturated heterocycles. The Morgan fingerprint density at radius 1 is 0.727 bits per heavy atom. The second-order valence-electron chi connectivity index (χ2n) is 8.41. The fourth-order valence-corrected chi connectivity index (χ4v) is 3.79. The largest absolute Gasteiger partial charge is 0.300 e. The quantitative estimate of drug-likeness (QED) is 0.358. The fourth-order valence-electron chi connectivity index (χ4n) is 3.79. The molecular formula is C21H43N. The molecule has 1 heteroatoms. The Balaban J connectivity index is 2.33. The van der Waals surface area contributed by atoms with E-state index in [1.54, 1.807) is 0 Å². The Morgan fingerprint density at radius 2 is 1.18 bits per heavy atom. The highest BCUT2D eigenvalue weighted by Crippen LogP contribution is 2.32. The van der Waals surface area contributed by atoms with Crippen molar-refractivity contribution in [3.05, 3.63) is 0 Å². The lowest BCUT2D eigenvalue weighted by Crippen LogP contribution is -2.43. The lowest BCUT2D eigenvalue weighted by molar-refractivity contribution is 0.0831. The van der Waals surface area contributed by atoms with Gasteiger partial charge in [0.15, 0.2) is 0 Å². The summed E-state index contributed by atoms with van der Waals surface area (Å²) >= 11 is 0. The lowest BCUT2D eigenvalue weighted by Gasteiger charge is -2.41. The van der Waals surface area contributed by atoms with Gasteiger partial charge in [0.1, 0.15) is 0 Å². The molecule has 1 rings (SSSR count). The van der Waals surface area contributed by atoms with Crippen molar-refractivity contribution in [3.63, 3.8) is 0 Å². The first-order chi connectivity index (χ1) is 10.6. The van der Waals surface area contributed by atoms with Gasteiger partial charge < -0.3 is 4.90 Å². The highest BCUT2D eigenvalue weighted by molar-refractivity contribution is 4.82. The van der Waals surface area contributed by atoms with E-state index in [2.05, 4.69) is 32.6 Å². The van der Waals surface area contributed by atoms with E-state index >= 15 is 0 Å². The standard InChI is InChI=1S/C21H43N/c1-5-7-9-11-13-15-20(14-12-10-8-6-2)22-18-16-21(3,4)17-19-22/h20H,5-19H2,1-4H3. The lowest BCUT2D eigenvalue weighted by atomic mass is 9.81. The predicted octanol–water partition coefficient (Wildman–Crippen LogP) is 6.81. The van der Waals surface area contributed by atoms with Crippen molar-refractivity contribution in [3.8, 4) is 0 Å². The Bertz CT molecular complexity index is 249. The van der Waals surface area contributed by atoms with E-state index in [1.165, 1.54) is 96.6 Å². The molecule has 1 aliphatic rings. The third kappa shape index (κ3) is 8.56. The topological polar surface area (TPSA) is 3.24 Å². The molecule has 132 valence electrons. The van der Waals surface area contributed by atoms with Gasteiger partial charge in [-0.15, -0.1) is 0 Å². The minimum Gasteiger partial charge on any atom is -0.300 e. The third-order valence-electron chi connectivity index (χ3n) is 5.70. The first-order valence-corrected chi connectivity index (χ1v) is 10.3. The summed E-state index contributed by atoms with van der Waals surface area (Å²) in [5.41, 5.74) is 0.588. The first-order valence-electron chi connectivity index (χ1n) is 10.3. The van der Waals surface area contributed by atoms with E-state index in [0.29, 0.717) is 5.41 Å². The fraction of sp³-hybridized carbons (Fsp3) is 1.00.